The summed E-state index contributed by atoms with van der Waals surface area (Å²) in [5.74, 6) is 0.236. The summed E-state index contributed by atoms with van der Waals surface area (Å²) in [6.45, 7) is 2.35. The summed E-state index contributed by atoms with van der Waals surface area (Å²) in [6, 6.07) is 14.6. The van der Waals surface area contributed by atoms with Gasteiger partial charge in [-0.25, -0.2) is 13.8 Å². The van der Waals surface area contributed by atoms with Crippen molar-refractivity contribution in [3.05, 3.63) is 71.8 Å². The fourth-order valence-electron chi connectivity index (χ4n) is 3.81. The SMILES string of the molecule is CC(=NC(=O)c1ccc2c(Oc3ccc(C(F)(F)F)cc3)cccc2c1)C1CN(CC(F)F)C1. The van der Waals surface area contributed by atoms with Gasteiger partial charge in [-0.1, -0.05) is 12.1 Å². The van der Waals surface area contributed by atoms with Crippen molar-refractivity contribution < 1.29 is 31.5 Å². The molecule has 1 fully saturated rings. The van der Waals surface area contributed by atoms with Crippen molar-refractivity contribution in [2.45, 2.75) is 19.5 Å². The molecule has 178 valence electrons. The fraction of sp³-hybridized carbons (Fsp3) is 0.280. The van der Waals surface area contributed by atoms with E-state index in [1.165, 1.54) is 12.1 Å². The Kier molecular flexibility index (Phi) is 6.65. The summed E-state index contributed by atoms with van der Waals surface area (Å²) >= 11 is 0. The first-order valence-corrected chi connectivity index (χ1v) is 10.6. The Hall–Kier alpha value is -3.33. The van der Waals surface area contributed by atoms with Crippen LogP contribution in [0.15, 0.2) is 65.7 Å². The Morgan fingerprint density at radius 1 is 1.09 bits per heavy atom. The molecule has 0 spiro atoms. The predicted molar refractivity (Wildman–Crippen MR) is 119 cm³/mol. The summed E-state index contributed by atoms with van der Waals surface area (Å²) in [6.07, 6.45) is -6.81. The molecular formula is C25H21F5N2O2. The third-order valence-corrected chi connectivity index (χ3v) is 5.72. The number of likely N-dealkylation sites (tertiary alicyclic amines) is 1. The number of carbonyl (C=O) groups is 1. The summed E-state index contributed by atoms with van der Waals surface area (Å²) in [7, 11) is 0. The van der Waals surface area contributed by atoms with Gasteiger partial charge in [0.1, 0.15) is 11.5 Å². The Morgan fingerprint density at radius 3 is 2.44 bits per heavy atom. The van der Waals surface area contributed by atoms with Gasteiger partial charge in [0.2, 0.25) is 0 Å². The monoisotopic (exact) mass is 476 g/mol. The Labute approximate surface area is 192 Å². The summed E-state index contributed by atoms with van der Waals surface area (Å²) in [5, 5.41) is 1.39. The maximum Gasteiger partial charge on any atom is 0.416 e. The summed E-state index contributed by atoms with van der Waals surface area (Å²) < 4.78 is 68.9. The highest BCUT2D eigenvalue weighted by molar-refractivity contribution is 6.06. The van der Waals surface area contributed by atoms with Gasteiger partial charge >= 0.3 is 6.18 Å². The third-order valence-electron chi connectivity index (χ3n) is 5.72. The second-order valence-corrected chi connectivity index (χ2v) is 8.18. The number of alkyl halides is 5. The lowest BCUT2D eigenvalue weighted by Crippen LogP contribution is -2.51. The van der Waals surface area contributed by atoms with E-state index in [2.05, 4.69) is 4.99 Å². The van der Waals surface area contributed by atoms with Crippen LogP contribution in [-0.4, -0.2) is 42.6 Å². The normalized spacial score (nSPS) is 15.6. The lowest BCUT2D eigenvalue weighted by molar-refractivity contribution is -0.137. The van der Waals surface area contributed by atoms with Gasteiger partial charge in [0.25, 0.3) is 12.3 Å². The van der Waals surface area contributed by atoms with Crippen LogP contribution in [0.1, 0.15) is 22.8 Å². The molecule has 34 heavy (non-hydrogen) atoms. The van der Waals surface area contributed by atoms with E-state index in [9.17, 15) is 26.7 Å². The van der Waals surface area contributed by atoms with Gasteiger partial charge in [-0.3, -0.25) is 9.69 Å². The minimum absolute atomic E-state index is 0.0214. The number of rotatable bonds is 6. The van der Waals surface area contributed by atoms with Crippen LogP contribution in [0.4, 0.5) is 22.0 Å². The minimum Gasteiger partial charge on any atom is -0.457 e. The second kappa shape index (κ2) is 9.50. The van der Waals surface area contributed by atoms with E-state index >= 15 is 0 Å². The Morgan fingerprint density at radius 2 is 1.79 bits per heavy atom. The molecule has 3 aromatic carbocycles. The van der Waals surface area contributed by atoms with Gasteiger partial charge < -0.3 is 4.74 Å². The van der Waals surface area contributed by atoms with Gasteiger partial charge in [0, 0.05) is 35.7 Å². The van der Waals surface area contributed by atoms with Gasteiger partial charge in [-0.15, -0.1) is 0 Å². The smallest absolute Gasteiger partial charge is 0.416 e. The lowest BCUT2D eigenvalue weighted by Gasteiger charge is -2.38. The number of ether oxygens (including phenoxy) is 1. The highest BCUT2D eigenvalue weighted by atomic mass is 19.4. The van der Waals surface area contributed by atoms with E-state index in [4.69, 9.17) is 4.74 Å². The zero-order valence-corrected chi connectivity index (χ0v) is 18.2. The van der Waals surface area contributed by atoms with Crippen LogP contribution in [0.2, 0.25) is 0 Å². The van der Waals surface area contributed by atoms with Crippen molar-refractivity contribution in [2.24, 2.45) is 10.9 Å². The van der Waals surface area contributed by atoms with Crippen LogP contribution in [-0.2, 0) is 6.18 Å². The number of fused-ring (bicyclic) bond motifs is 1. The molecule has 1 heterocycles. The van der Waals surface area contributed by atoms with Gasteiger partial charge in [-0.2, -0.15) is 13.2 Å². The van der Waals surface area contributed by atoms with Crippen LogP contribution >= 0.6 is 0 Å². The molecule has 0 aliphatic carbocycles. The maximum atomic E-state index is 12.8. The van der Waals surface area contributed by atoms with E-state index in [0.717, 1.165) is 12.1 Å². The van der Waals surface area contributed by atoms with Crippen molar-refractivity contribution in [1.82, 2.24) is 4.90 Å². The molecular weight excluding hydrogens is 455 g/mol. The zero-order chi connectivity index (χ0) is 24.5. The standard InChI is InChI=1S/C25H21F5N2O2/c1-15(18-12-32(13-18)14-23(26)27)31-24(33)17-5-10-21-16(11-17)3-2-4-22(21)34-20-8-6-19(7-9-20)25(28,29)30/h2-11,18,23H,12-14H2,1H3. The molecule has 1 aliphatic rings. The number of amides is 1. The van der Waals surface area contributed by atoms with Crippen LogP contribution in [0.3, 0.4) is 0 Å². The topological polar surface area (TPSA) is 41.9 Å². The Balaban J connectivity index is 1.48. The molecule has 3 aromatic rings. The van der Waals surface area contributed by atoms with Crippen LogP contribution in [0, 0.1) is 5.92 Å². The van der Waals surface area contributed by atoms with E-state index < -0.39 is 24.1 Å². The summed E-state index contributed by atoms with van der Waals surface area (Å²) in [4.78, 5) is 18.4. The molecule has 1 saturated heterocycles. The predicted octanol–water partition coefficient (Wildman–Crippen LogP) is 6.45. The minimum atomic E-state index is -4.42. The molecule has 0 unspecified atom stereocenters. The molecule has 0 atom stereocenters. The molecule has 9 heteroatoms. The fourth-order valence-corrected chi connectivity index (χ4v) is 3.81. The maximum absolute atomic E-state index is 12.8. The number of hydrogen-bond donors (Lipinski definition) is 0. The first kappa shape index (κ1) is 23.8. The number of nitrogens with zero attached hydrogens (tertiary/aromatic N) is 2. The van der Waals surface area contributed by atoms with Gasteiger partial charge in [-0.05, 0) is 60.8 Å². The average Bonchev–Trinajstić information content (AvgIpc) is 2.75. The van der Waals surface area contributed by atoms with Crippen molar-refractivity contribution in [3.63, 3.8) is 0 Å². The lowest BCUT2D eigenvalue weighted by atomic mass is 9.95. The van der Waals surface area contributed by atoms with Gasteiger partial charge in [0.05, 0.1) is 12.1 Å². The van der Waals surface area contributed by atoms with E-state index in [1.807, 2.05) is 0 Å². The summed E-state index contributed by atoms with van der Waals surface area (Å²) in [5.41, 5.74) is 0.206. The van der Waals surface area contributed by atoms with Crippen LogP contribution in [0.5, 0.6) is 11.5 Å². The number of aliphatic imine (C=N–C) groups is 1. The molecule has 4 rings (SSSR count). The first-order chi connectivity index (χ1) is 16.1. The quantitative estimate of drug-likeness (QED) is 0.303. The molecule has 0 N–H and O–H groups in total. The van der Waals surface area contributed by atoms with Crippen molar-refractivity contribution >= 4 is 22.4 Å². The number of hydrogen-bond acceptors (Lipinski definition) is 3. The molecule has 0 bridgehead atoms. The average molecular weight is 476 g/mol. The molecule has 0 saturated carbocycles. The third kappa shape index (κ3) is 5.41. The molecule has 4 nitrogen and oxygen atoms in total. The Bertz CT molecular complexity index is 1220. The molecule has 0 radical (unpaired) electrons. The molecule has 0 aromatic heterocycles. The van der Waals surface area contributed by atoms with E-state index in [1.54, 1.807) is 48.2 Å². The van der Waals surface area contributed by atoms with Crippen molar-refractivity contribution in [1.29, 1.82) is 0 Å². The molecule has 1 amide bonds. The molecule has 1 aliphatic heterocycles. The van der Waals surface area contributed by atoms with Crippen molar-refractivity contribution in [3.8, 4) is 11.5 Å². The van der Waals surface area contributed by atoms with Gasteiger partial charge in [0.15, 0.2) is 0 Å². The highest BCUT2D eigenvalue weighted by Crippen LogP contribution is 2.34. The van der Waals surface area contributed by atoms with Crippen LogP contribution in [0.25, 0.3) is 10.8 Å². The largest absolute Gasteiger partial charge is 0.457 e. The first-order valence-electron chi connectivity index (χ1n) is 10.6. The van der Waals surface area contributed by atoms with E-state index in [0.29, 0.717) is 40.9 Å². The second-order valence-electron chi connectivity index (χ2n) is 8.18. The zero-order valence-electron chi connectivity index (χ0n) is 18.2. The van der Waals surface area contributed by atoms with Crippen LogP contribution < -0.4 is 4.74 Å². The highest BCUT2D eigenvalue weighted by Gasteiger charge is 2.31. The van der Waals surface area contributed by atoms with Crippen molar-refractivity contribution in [2.75, 3.05) is 19.6 Å². The number of carbonyl (C=O) groups excluding carboxylic acids is 1. The number of halogens is 5. The van der Waals surface area contributed by atoms with E-state index in [-0.39, 0.29) is 18.2 Å². The number of benzene rings is 3.